The second kappa shape index (κ2) is 11.3. The van der Waals surface area contributed by atoms with Crippen molar-refractivity contribution in [3.05, 3.63) is 94.4 Å². The molecule has 1 N–H and O–H groups in total. The van der Waals surface area contributed by atoms with E-state index in [1.807, 2.05) is 31.2 Å². The van der Waals surface area contributed by atoms with Crippen molar-refractivity contribution >= 4 is 28.7 Å². The van der Waals surface area contributed by atoms with E-state index in [0.29, 0.717) is 33.9 Å². The molecule has 8 heteroatoms. The van der Waals surface area contributed by atoms with Gasteiger partial charge in [-0.2, -0.15) is 0 Å². The summed E-state index contributed by atoms with van der Waals surface area (Å²) in [6, 6.07) is 17.7. The molecular weight excluding hydrogens is 498 g/mol. The monoisotopic (exact) mass is 527 g/mol. The van der Waals surface area contributed by atoms with Crippen LogP contribution in [0.15, 0.2) is 77.8 Å². The molecule has 200 valence electrons. The minimum Gasteiger partial charge on any atom is -0.497 e. The van der Waals surface area contributed by atoms with Crippen molar-refractivity contribution in [2.45, 2.75) is 13.8 Å². The largest absolute Gasteiger partial charge is 0.497 e. The lowest BCUT2D eigenvalue weighted by atomic mass is 9.84. The average molecular weight is 528 g/mol. The topological polar surface area (TPSA) is 100 Å². The van der Waals surface area contributed by atoms with Crippen molar-refractivity contribution < 1.29 is 33.3 Å². The van der Waals surface area contributed by atoms with E-state index >= 15 is 0 Å². The van der Waals surface area contributed by atoms with Crippen molar-refractivity contribution in [3.63, 3.8) is 0 Å². The third-order valence-electron chi connectivity index (χ3n) is 6.56. The van der Waals surface area contributed by atoms with Crippen LogP contribution in [-0.2, 0) is 19.1 Å². The van der Waals surface area contributed by atoms with Crippen molar-refractivity contribution in [1.82, 2.24) is 0 Å². The fraction of sp³-hybridized carbons (Fsp3) is 0.194. The van der Waals surface area contributed by atoms with Gasteiger partial charge in [-0.05, 0) is 78.6 Å². The zero-order valence-electron chi connectivity index (χ0n) is 22.6. The highest BCUT2D eigenvalue weighted by molar-refractivity contribution is 6.38. The maximum atomic E-state index is 13.7. The highest BCUT2D eigenvalue weighted by Crippen LogP contribution is 2.37. The molecule has 0 aliphatic heterocycles. The van der Waals surface area contributed by atoms with E-state index in [1.165, 1.54) is 14.2 Å². The van der Waals surface area contributed by atoms with Crippen LogP contribution in [0.4, 0.5) is 5.69 Å². The zero-order chi connectivity index (χ0) is 28.3. The van der Waals surface area contributed by atoms with Gasteiger partial charge in [0.1, 0.15) is 11.5 Å². The number of Topliss-reactive ketones (excluding diaryl/α,β-unsaturated/α-hetero) is 2. The number of hydrogen-bond donors (Lipinski definition) is 1. The third-order valence-corrected chi connectivity index (χ3v) is 6.56. The van der Waals surface area contributed by atoms with E-state index in [9.17, 15) is 14.4 Å². The Morgan fingerprint density at radius 1 is 0.667 bits per heavy atom. The Morgan fingerprint density at radius 2 is 1.21 bits per heavy atom. The van der Waals surface area contributed by atoms with Gasteiger partial charge < -0.3 is 24.3 Å². The van der Waals surface area contributed by atoms with Gasteiger partial charge in [0.05, 0.1) is 28.4 Å². The molecule has 3 aromatic carbocycles. The number of carbonyl (C=O) groups is 3. The Balaban J connectivity index is 1.88. The SMILES string of the molecule is COC1=C(OC)C(=O)C(c2cc(C)c(-c3ccc(OC)cc3)c(C(=O)Nc3ccc(OC)cc3)c2)=C(C)C1=O. The number of carbonyl (C=O) groups excluding carboxylic acids is 3. The number of nitrogens with one attached hydrogen (secondary N) is 1. The molecule has 0 aromatic heterocycles. The highest BCUT2D eigenvalue weighted by Gasteiger charge is 2.36. The van der Waals surface area contributed by atoms with Gasteiger partial charge in [0.2, 0.25) is 23.1 Å². The van der Waals surface area contributed by atoms with Crippen LogP contribution in [0.1, 0.15) is 28.4 Å². The summed E-state index contributed by atoms with van der Waals surface area (Å²) in [6.45, 7) is 3.41. The van der Waals surface area contributed by atoms with Crippen LogP contribution in [0.2, 0.25) is 0 Å². The lowest BCUT2D eigenvalue weighted by Gasteiger charge is -2.22. The van der Waals surface area contributed by atoms with Gasteiger partial charge in [-0.25, -0.2) is 0 Å². The summed E-state index contributed by atoms with van der Waals surface area (Å²) in [5.74, 6) is -0.322. The van der Waals surface area contributed by atoms with Gasteiger partial charge in [-0.15, -0.1) is 0 Å². The van der Waals surface area contributed by atoms with Crippen LogP contribution in [-0.4, -0.2) is 45.9 Å². The minimum absolute atomic E-state index is 0.146. The Hall–Kier alpha value is -4.85. The Labute approximate surface area is 226 Å². The number of anilines is 1. The quantitative estimate of drug-likeness (QED) is 0.394. The first kappa shape index (κ1) is 27.2. The molecule has 0 saturated carbocycles. The molecule has 0 unspecified atom stereocenters. The molecule has 8 nitrogen and oxygen atoms in total. The van der Waals surface area contributed by atoms with E-state index in [4.69, 9.17) is 18.9 Å². The second-order valence-electron chi connectivity index (χ2n) is 8.85. The summed E-state index contributed by atoms with van der Waals surface area (Å²) in [5, 5.41) is 2.93. The van der Waals surface area contributed by atoms with Crippen molar-refractivity contribution in [2.24, 2.45) is 0 Å². The molecule has 0 radical (unpaired) electrons. The molecule has 39 heavy (non-hydrogen) atoms. The van der Waals surface area contributed by atoms with Crippen LogP contribution in [0.3, 0.4) is 0 Å². The standard InChI is InChI=1S/C31H29NO7/c1-17-15-20(26-18(2)27(33)29(38-5)30(39-6)28(26)34)16-24(25(17)19-7-11-22(36-3)12-8-19)31(35)32-21-9-13-23(37-4)14-10-21/h7-16H,1-6H3,(H,32,35). The summed E-state index contributed by atoms with van der Waals surface area (Å²) in [7, 11) is 5.77. The first-order valence-electron chi connectivity index (χ1n) is 12.1. The fourth-order valence-electron chi connectivity index (χ4n) is 4.62. The Kier molecular flexibility index (Phi) is 7.85. The van der Waals surface area contributed by atoms with Crippen LogP contribution < -0.4 is 14.8 Å². The lowest BCUT2D eigenvalue weighted by Crippen LogP contribution is -2.24. The molecule has 0 heterocycles. The van der Waals surface area contributed by atoms with Crippen LogP contribution >= 0.6 is 0 Å². The number of rotatable bonds is 8. The molecule has 0 fully saturated rings. The number of methoxy groups -OCH3 is 4. The molecule has 0 saturated heterocycles. The number of allylic oxidation sites excluding steroid dienone is 2. The summed E-state index contributed by atoms with van der Waals surface area (Å²) < 4.78 is 20.9. The van der Waals surface area contributed by atoms with Crippen molar-refractivity contribution in [1.29, 1.82) is 0 Å². The smallest absolute Gasteiger partial charge is 0.256 e. The van der Waals surface area contributed by atoms with E-state index in [-0.39, 0.29) is 28.6 Å². The van der Waals surface area contributed by atoms with Gasteiger partial charge >= 0.3 is 0 Å². The maximum Gasteiger partial charge on any atom is 0.256 e. The molecule has 4 rings (SSSR count). The Bertz CT molecular complexity index is 1510. The Morgan fingerprint density at radius 3 is 1.74 bits per heavy atom. The van der Waals surface area contributed by atoms with Crippen molar-refractivity contribution in [3.8, 4) is 22.6 Å². The van der Waals surface area contributed by atoms with E-state index in [0.717, 1.165) is 11.1 Å². The molecule has 1 aliphatic rings. The molecule has 1 amide bonds. The molecular formula is C31H29NO7. The summed E-state index contributed by atoms with van der Waals surface area (Å²) in [5.41, 5.74) is 3.88. The predicted molar refractivity (Wildman–Crippen MR) is 148 cm³/mol. The first-order chi connectivity index (χ1) is 18.7. The first-order valence-corrected chi connectivity index (χ1v) is 12.1. The fourth-order valence-corrected chi connectivity index (χ4v) is 4.62. The zero-order valence-corrected chi connectivity index (χ0v) is 22.6. The summed E-state index contributed by atoms with van der Waals surface area (Å²) in [6.07, 6.45) is 0. The third kappa shape index (κ3) is 5.13. The number of benzene rings is 3. The molecule has 0 atom stereocenters. The molecule has 0 spiro atoms. The number of aryl methyl sites for hydroxylation is 1. The van der Waals surface area contributed by atoms with E-state index in [1.54, 1.807) is 57.5 Å². The summed E-state index contributed by atoms with van der Waals surface area (Å²) in [4.78, 5) is 40.2. The van der Waals surface area contributed by atoms with Gasteiger partial charge in [0, 0.05) is 22.4 Å². The second-order valence-corrected chi connectivity index (χ2v) is 8.85. The number of amides is 1. The van der Waals surface area contributed by atoms with Crippen LogP contribution in [0.5, 0.6) is 11.5 Å². The molecule has 1 aliphatic carbocycles. The molecule has 3 aromatic rings. The van der Waals surface area contributed by atoms with Crippen molar-refractivity contribution in [2.75, 3.05) is 33.8 Å². The van der Waals surface area contributed by atoms with Crippen LogP contribution in [0, 0.1) is 6.92 Å². The molecule has 0 bridgehead atoms. The van der Waals surface area contributed by atoms with Gasteiger partial charge in [-0.1, -0.05) is 18.2 Å². The van der Waals surface area contributed by atoms with Gasteiger partial charge in [0.15, 0.2) is 0 Å². The number of hydrogen-bond acceptors (Lipinski definition) is 7. The minimum atomic E-state index is -0.496. The number of ketones is 2. The maximum absolute atomic E-state index is 13.7. The number of ether oxygens (including phenoxy) is 4. The van der Waals surface area contributed by atoms with Gasteiger partial charge in [-0.3, -0.25) is 14.4 Å². The van der Waals surface area contributed by atoms with E-state index < -0.39 is 11.6 Å². The lowest BCUT2D eigenvalue weighted by molar-refractivity contribution is -0.119. The average Bonchev–Trinajstić information content (AvgIpc) is 2.95. The van der Waals surface area contributed by atoms with E-state index in [2.05, 4.69) is 5.32 Å². The summed E-state index contributed by atoms with van der Waals surface area (Å²) >= 11 is 0. The van der Waals surface area contributed by atoms with Crippen LogP contribution in [0.25, 0.3) is 16.7 Å². The highest BCUT2D eigenvalue weighted by atomic mass is 16.5. The van der Waals surface area contributed by atoms with Gasteiger partial charge in [0.25, 0.3) is 5.91 Å². The normalized spacial score (nSPS) is 13.4. The predicted octanol–water partition coefficient (Wildman–Crippen LogP) is 5.36.